The Morgan fingerprint density at radius 3 is 2.00 bits per heavy atom. The van der Waals surface area contributed by atoms with E-state index in [9.17, 15) is 14.4 Å². The van der Waals surface area contributed by atoms with Gasteiger partial charge in [0.1, 0.15) is 0 Å². The maximum Gasteiger partial charge on any atom is 0.242 e. The van der Waals surface area contributed by atoms with Crippen LogP contribution in [-0.4, -0.2) is 54.1 Å². The number of rotatable bonds is 8. The molecule has 0 radical (unpaired) electrons. The Balaban J connectivity index is 2.47. The van der Waals surface area contributed by atoms with Crippen LogP contribution in [0.5, 0.6) is 0 Å². The molecule has 1 aromatic rings. The number of carbonyl (C=O) groups excluding carboxylic acids is 3. The highest BCUT2D eigenvalue weighted by Gasteiger charge is 2.17. The van der Waals surface area contributed by atoms with Gasteiger partial charge >= 0.3 is 0 Å². The monoisotopic (exact) mass is 318 g/mol. The molecule has 0 aromatic heterocycles. The maximum atomic E-state index is 12.1. The number of likely N-dealkylation sites (N-methyl/N-ethyl adjacent to an activating group) is 2. The van der Waals surface area contributed by atoms with Crippen molar-refractivity contribution in [2.24, 2.45) is 0 Å². The lowest BCUT2D eigenvalue weighted by atomic mass is 10.0. The van der Waals surface area contributed by atoms with Gasteiger partial charge in [0.15, 0.2) is 5.78 Å². The molecule has 5 nitrogen and oxygen atoms in total. The minimum atomic E-state index is -0.189. The van der Waals surface area contributed by atoms with Crippen LogP contribution in [0.4, 0.5) is 0 Å². The number of hydrogen-bond acceptors (Lipinski definition) is 3. The molecule has 0 N–H and O–H groups in total. The van der Waals surface area contributed by atoms with Gasteiger partial charge < -0.3 is 9.80 Å². The van der Waals surface area contributed by atoms with Crippen LogP contribution in [-0.2, 0) is 9.59 Å². The van der Waals surface area contributed by atoms with Gasteiger partial charge in [0.2, 0.25) is 11.8 Å². The van der Waals surface area contributed by atoms with Crippen molar-refractivity contribution in [3.63, 3.8) is 0 Å². The van der Waals surface area contributed by atoms with Crippen LogP contribution in [0.3, 0.4) is 0 Å². The van der Waals surface area contributed by atoms with Crippen LogP contribution in [0.1, 0.15) is 42.6 Å². The second-order valence-corrected chi connectivity index (χ2v) is 5.61. The molecule has 0 spiro atoms. The molecule has 5 heteroatoms. The molecule has 0 aliphatic carbocycles. The van der Waals surface area contributed by atoms with Gasteiger partial charge in [0, 0.05) is 38.5 Å². The number of Topliss-reactive ketones (excluding diaryl/α,β-unsaturated/α-hetero) is 1. The van der Waals surface area contributed by atoms with E-state index >= 15 is 0 Å². The van der Waals surface area contributed by atoms with E-state index in [2.05, 4.69) is 0 Å². The van der Waals surface area contributed by atoms with Gasteiger partial charge in [0.25, 0.3) is 0 Å². The molecular weight excluding hydrogens is 292 g/mol. The summed E-state index contributed by atoms with van der Waals surface area (Å²) >= 11 is 0. The van der Waals surface area contributed by atoms with Gasteiger partial charge in [-0.05, 0) is 20.8 Å². The number of carbonyl (C=O) groups is 3. The summed E-state index contributed by atoms with van der Waals surface area (Å²) in [5.74, 6) is -0.316. The quantitative estimate of drug-likeness (QED) is 0.691. The predicted molar refractivity (Wildman–Crippen MR) is 90.3 cm³/mol. The summed E-state index contributed by atoms with van der Waals surface area (Å²) in [6.07, 6.45) is 0.278. The van der Waals surface area contributed by atoms with Gasteiger partial charge in [-0.2, -0.15) is 0 Å². The number of nitrogens with zero attached hydrogens (tertiary/aromatic N) is 2. The van der Waals surface area contributed by atoms with Crippen molar-refractivity contribution in [2.45, 2.75) is 33.6 Å². The molecule has 0 aliphatic heterocycles. The Hall–Kier alpha value is -2.17. The number of ketones is 1. The van der Waals surface area contributed by atoms with E-state index in [1.807, 2.05) is 32.9 Å². The third-order valence-corrected chi connectivity index (χ3v) is 3.85. The highest BCUT2D eigenvalue weighted by molar-refractivity contribution is 5.98. The van der Waals surface area contributed by atoms with E-state index in [0.717, 1.165) is 5.56 Å². The van der Waals surface area contributed by atoms with Crippen LogP contribution < -0.4 is 0 Å². The van der Waals surface area contributed by atoms with Gasteiger partial charge in [-0.1, -0.05) is 29.8 Å². The average molecular weight is 318 g/mol. The van der Waals surface area contributed by atoms with E-state index < -0.39 is 0 Å². The van der Waals surface area contributed by atoms with Gasteiger partial charge in [-0.15, -0.1) is 0 Å². The van der Waals surface area contributed by atoms with E-state index in [0.29, 0.717) is 18.7 Å². The van der Waals surface area contributed by atoms with Gasteiger partial charge in [-0.25, -0.2) is 0 Å². The van der Waals surface area contributed by atoms with E-state index in [1.165, 1.54) is 4.90 Å². The van der Waals surface area contributed by atoms with Crippen molar-refractivity contribution >= 4 is 17.6 Å². The van der Waals surface area contributed by atoms with Gasteiger partial charge in [-0.3, -0.25) is 14.4 Å². The number of hydrogen-bond donors (Lipinski definition) is 0. The Bertz CT molecular complexity index is 548. The van der Waals surface area contributed by atoms with Crippen molar-refractivity contribution in [3.8, 4) is 0 Å². The standard InChI is InChI=1S/C18H26N2O3/c1-5-20(6-2)18(23)13-19(4)17(22)12-11-16(21)15-9-7-14(3)8-10-15/h7-10H,5-6,11-13H2,1-4H3. The fourth-order valence-corrected chi connectivity index (χ4v) is 2.26. The van der Waals surface area contributed by atoms with E-state index in [4.69, 9.17) is 0 Å². The molecule has 0 atom stereocenters. The fraction of sp³-hybridized carbons (Fsp3) is 0.500. The van der Waals surface area contributed by atoms with Crippen LogP contribution in [0.15, 0.2) is 24.3 Å². The Kier molecular flexibility index (Phi) is 7.45. The second kappa shape index (κ2) is 9.08. The molecule has 126 valence electrons. The average Bonchev–Trinajstić information content (AvgIpc) is 2.53. The van der Waals surface area contributed by atoms with Crippen molar-refractivity contribution in [3.05, 3.63) is 35.4 Å². The normalized spacial score (nSPS) is 10.3. The van der Waals surface area contributed by atoms with Crippen molar-refractivity contribution in [2.75, 3.05) is 26.7 Å². The third-order valence-electron chi connectivity index (χ3n) is 3.85. The van der Waals surface area contributed by atoms with Gasteiger partial charge in [0.05, 0.1) is 6.54 Å². The molecular formula is C18H26N2O3. The summed E-state index contributed by atoms with van der Waals surface area (Å²) in [7, 11) is 1.60. The first kappa shape index (κ1) is 18.9. The summed E-state index contributed by atoms with van der Waals surface area (Å²) in [5.41, 5.74) is 1.71. The predicted octanol–water partition coefficient (Wildman–Crippen LogP) is 2.28. The first-order valence-electron chi connectivity index (χ1n) is 8.00. The first-order valence-corrected chi connectivity index (χ1v) is 8.00. The molecule has 23 heavy (non-hydrogen) atoms. The number of benzene rings is 1. The largest absolute Gasteiger partial charge is 0.342 e. The Morgan fingerprint density at radius 2 is 1.48 bits per heavy atom. The minimum absolute atomic E-state index is 0.0539. The summed E-state index contributed by atoms with van der Waals surface area (Å²) in [4.78, 5) is 39.2. The highest BCUT2D eigenvalue weighted by atomic mass is 16.2. The summed E-state index contributed by atoms with van der Waals surface area (Å²) < 4.78 is 0. The van der Waals surface area contributed by atoms with Crippen molar-refractivity contribution < 1.29 is 14.4 Å². The zero-order valence-corrected chi connectivity index (χ0v) is 14.5. The zero-order valence-electron chi connectivity index (χ0n) is 14.5. The topological polar surface area (TPSA) is 57.7 Å². The highest BCUT2D eigenvalue weighted by Crippen LogP contribution is 2.08. The zero-order chi connectivity index (χ0) is 17.4. The molecule has 1 rings (SSSR count). The lowest BCUT2D eigenvalue weighted by molar-refractivity contribution is -0.139. The molecule has 0 saturated heterocycles. The number of amides is 2. The lowest BCUT2D eigenvalue weighted by Gasteiger charge is -2.23. The van der Waals surface area contributed by atoms with E-state index in [-0.39, 0.29) is 37.0 Å². The third kappa shape index (κ3) is 5.85. The lowest BCUT2D eigenvalue weighted by Crippen LogP contribution is -2.41. The van der Waals surface area contributed by atoms with Crippen LogP contribution in [0.25, 0.3) is 0 Å². The second-order valence-electron chi connectivity index (χ2n) is 5.61. The SMILES string of the molecule is CCN(CC)C(=O)CN(C)C(=O)CCC(=O)c1ccc(C)cc1. The fourth-order valence-electron chi connectivity index (χ4n) is 2.26. The molecule has 0 heterocycles. The summed E-state index contributed by atoms with van der Waals surface area (Å²) in [6, 6.07) is 7.30. The number of aryl methyl sites for hydroxylation is 1. The molecule has 0 saturated carbocycles. The first-order chi connectivity index (χ1) is 10.9. The van der Waals surface area contributed by atoms with Crippen molar-refractivity contribution in [1.29, 1.82) is 0 Å². The molecule has 0 fully saturated rings. The maximum absolute atomic E-state index is 12.1. The molecule has 0 bridgehead atoms. The minimum Gasteiger partial charge on any atom is -0.342 e. The van der Waals surface area contributed by atoms with Crippen molar-refractivity contribution in [1.82, 2.24) is 9.80 Å². The summed E-state index contributed by atoms with van der Waals surface area (Å²) in [6.45, 7) is 7.08. The van der Waals surface area contributed by atoms with Crippen LogP contribution in [0, 0.1) is 6.92 Å². The Labute approximate surface area is 138 Å². The Morgan fingerprint density at radius 1 is 0.913 bits per heavy atom. The van der Waals surface area contributed by atoms with E-state index in [1.54, 1.807) is 24.1 Å². The summed E-state index contributed by atoms with van der Waals surface area (Å²) in [5, 5.41) is 0. The van der Waals surface area contributed by atoms with Crippen LogP contribution >= 0.6 is 0 Å². The molecule has 0 unspecified atom stereocenters. The molecule has 1 aromatic carbocycles. The van der Waals surface area contributed by atoms with Crippen LogP contribution in [0.2, 0.25) is 0 Å². The smallest absolute Gasteiger partial charge is 0.242 e. The molecule has 0 aliphatic rings. The molecule has 2 amide bonds.